The number of anilines is 1. The highest BCUT2D eigenvalue weighted by atomic mass is 16.6. The number of nitro benzene ring substituents is 1. The maximum Gasteiger partial charge on any atom is 0.275 e. The van der Waals surface area contributed by atoms with Crippen LogP contribution in [0.2, 0.25) is 0 Å². The molecule has 110 valence electrons. The number of hydrogen-bond donors (Lipinski definition) is 1. The zero-order valence-corrected chi connectivity index (χ0v) is 11.3. The van der Waals surface area contributed by atoms with E-state index in [4.69, 9.17) is 9.47 Å². The van der Waals surface area contributed by atoms with E-state index in [1.54, 1.807) is 6.07 Å². The molecule has 1 unspecified atom stereocenters. The average Bonchev–Trinajstić information content (AvgIpc) is 2.47. The molecule has 7 heteroatoms. The van der Waals surface area contributed by atoms with Gasteiger partial charge in [-0.05, 0) is 6.92 Å². The van der Waals surface area contributed by atoms with Crippen molar-refractivity contribution in [2.45, 2.75) is 13.0 Å². The third-order valence-corrected chi connectivity index (χ3v) is 3.17. The van der Waals surface area contributed by atoms with Crippen molar-refractivity contribution in [3.05, 3.63) is 28.3 Å². The van der Waals surface area contributed by atoms with E-state index in [0.717, 1.165) is 0 Å². The molecule has 1 aromatic carbocycles. The highest BCUT2D eigenvalue weighted by molar-refractivity contribution is 5.59. The van der Waals surface area contributed by atoms with Gasteiger partial charge in [0.2, 0.25) is 0 Å². The number of benzene rings is 1. The van der Waals surface area contributed by atoms with E-state index in [1.165, 1.54) is 12.1 Å². The first kappa shape index (κ1) is 14.5. The van der Waals surface area contributed by atoms with Crippen LogP contribution in [-0.4, -0.2) is 49.0 Å². The van der Waals surface area contributed by atoms with Crippen molar-refractivity contribution in [3.63, 3.8) is 0 Å². The Morgan fingerprint density at radius 2 is 2.35 bits per heavy atom. The highest BCUT2D eigenvalue weighted by Crippen LogP contribution is 2.30. The molecule has 1 N–H and O–H groups in total. The summed E-state index contributed by atoms with van der Waals surface area (Å²) >= 11 is 0. The second-order valence-corrected chi connectivity index (χ2v) is 4.48. The van der Waals surface area contributed by atoms with Gasteiger partial charge in [-0.15, -0.1) is 0 Å². The number of nitrogens with zero attached hydrogens (tertiary/aromatic N) is 2. The molecule has 1 atom stereocenters. The summed E-state index contributed by atoms with van der Waals surface area (Å²) in [6.45, 7) is 3.72. The van der Waals surface area contributed by atoms with Gasteiger partial charge in [-0.3, -0.25) is 10.1 Å². The monoisotopic (exact) mass is 282 g/mol. The molecule has 0 amide bonds. The summed E-state index contributed by atoms with van der Waals surface area (Å²) in [5.74, 6) is 0.458. The molecule has 1 fully saturated rings. The van der Waals surface area contributed by atoms with E-state index in [0.29, 0.717) is 37.8 Å². The first-order valence-electron chi connectivity index (χ1n) is 6.53. The lowest BCUT2D eigenvalue weighted by atomic mass is 10.1. The molecule has 0 aliphatic carbocycles. The molecule has 0 spiro atoms. The van der Waals surface area contributed by atoms with E-state index in [1.807, 2.05) is 11.8 Å². The van der Waals surface area contributed by atoms with Gasteiger partial charge in [-0.2, -0.15) is 0 Å². The van der Waals surface area contributed by atoms with Crippen LogP contribution in [0.4, 0.5) is 11.4 Å². The van der Waals surface area contributed by atoms with Gasteiger partial charge in [0.05, 0.1) is 43.5 Å². The van der Waals surface area contributed by atoms with Crippen LogP contribution in [0.5, 0.6) is 5.75 Å². The van der Waals surface area contributed by atoms with Crippen LogP contribution in [0.3, 0.4) is 0 Å². The zero-order valence-electron chi connectivity index (χ0n) is 11.3. The lowest BCUT2D eigenvalue weighted by Crippen LogP contribution is -2.47. The average molecular weight is 282 g/mol. The fourth-order valence-corrected chi connectivity index (χ4v) is 2.24. The molecule has 0 bridgehead atoms. The van der Waals surface area contributed by atoms with Crippen LogP contribution in [-0.2, 0) is 4.74 Å². The minimum Gasteiger partial charge on any atom is -0.494 e. The standard InChI is InChI=1S/C13H18N2O5/c1-2-20-13-6-10(5-11(7-13)15(17)18)14-3-4-19-9-12(14)8-16/h5-7,12,16H,2-4,8-9H2,1H3. The summed E-state index contributed by atoms with van der Waals surface area (Å²) in [4.78, 5) is 12.5. The second-order valence-electron chi connectivity index (χ2n) is 4.48. The Hall–Kier alpha value is -1.86. The number of non-ortho nitro benzene ring substituents is 1. The summed E-state index contributed by atoms with van der Waals surface area (Å²) in [6, 6.07) is 4.46. The van der Waals surface area contributed by atoms with Crippen LogP contribution in [0.15, 0.2) is 18.2 Å². The Balaban J connectivity index is 2.35. The maximum atomic E-state index is 11.0. The Bertz CT molecular complexity index is 480. The van der Waals surface area contributed by atoms with E-state index < -0.39 is 4.92 Å². The maximum absolute atomic E-state index is 11.0. The number of hydrogen-bond acceptors (Lipinski definition) is 6. The minimum absolute atomic E-state index is 0.0193. The van der Waals surface area contributed by atoms with Crippen LogP contribution in [0, 0.1) is 10.1 Å². The Kier molecular flexibility index (Phi) is 4.75. The van der Waals surface area contributed by atoms with E-state index in [-0.39, 0.29) is 18.3 Å². The summed E-state index contributed by atoms with van der Waals surface area (Å²) in [5.41, 5.74) is 0.652. The van der Waals surface area contributed by atoms with Crippen LogP contribution in [0.1, 0.15) is 6.92 Å². The van der Waals surface area contributed by atoms with Crippen molar-refractivity contribution >= 4 is 11.4 Å². The predicted molar refractivity (Wildman–Crippen MR) is 73.3 cm³/mol. The topological polar surface area (TPSA) is 85.1 Å². The summed E-state index contributed by atoms with van der Waals surface area (Å²) < 4.78 is 10.7. The largest absolute Gasteiger partial charge is 0.494 e. The SMILES string of the molecule is CCOc1cc(N2CCOCC2CO)cc([N+](=O)[O-])c1. The second kappa shape index (κ2) is 6.53. The molecule has 1 heterocycles. The number of aliphatic hydroxyl groups is 1. The van der Waals surface area contributed by atoms with E-state index in [9.17, 15) is 15.2 Å². The van der Waals surface area contributed by atoms with Gasteiger partial charge in [-0.1, -0.05) is 0 Å². The molecule has 2 rings (SSSR count). The smallest absolute Gasteiger partial charge is 0.275 e. The Morgan fingerprint density at radius 1 is 1.55 bits per heavy atom. The molecule has 0 saturated carbocycles. The lowest BCUT2D eigenvalue weighted by molar-refractivity contribution is -0.384. The van der Waals surface area contributed by atoms with Crippen LogP contribution in [0.25, 0.3) is 0 Å². The number of morpholine rings is 1. The molecule has 20 heavy (non-hydrogen) atoms. The third-order valence-electron chi connectivity index (χ3n) is 3.17. The summed E-state index contributed by atoms with van der Waals surface area (Å²) in [5, 5.41) is 20.4. The zero-order chi connectivity index (χ0) is 14.5. The Labute approximate surface area is 116 Å². The quantitative estimate of drug-likeness (QED) is 0.645. The number of nitro groups is 1. The van der Waals surface area contributed by atoms with Gasteiger partial charge >= 0.3 is 0 Å². The van der Waals surface area contributed by atoms with Gasteiger partial charge < -0.3 is 19.5 Å². The molecule has 1 aliphatic rings. The predicted octanol–water partition coefficient (Wildman–Crippen LogP) is 1.19. The van der Waals surface area contributed by atoms with Crippen molar-refractivity contribution < 1.29 is 19.5 Å². The summed E-state index contributed by atoms with van der Waals surface area (Å²) in [6.07, 6.45) is 0. The van der Waals surface area contributed by atoms with Crippen LogP contribution >= 0.6 is 0 Å². The Morgan fingerprint density at radius 3 is 3.00 bits per heavy atom. The third kappa shape index (κ3) is 3.17. The summed E-state index contributed by atoms with van der Waals surface area (Å²) in [7, 11) is 0. The molecular formula is C13H18N2O5. The van der Waals surface area contributed by atoms with Crippen molar-refractivity contribution in [2.75, 3.05) is 37.9 Å². The van der Waals surface area contributed by atoms with E-state index in [2.05, 4.69) is 0 Å². The van der Waals surface area contributed by atoms with Gasteiger partial charge in [0, 0.05) is 24.4 Å². The van der Waals surface area contributed by atoms with Crippen molar-refractivity contribution in [2.24, 2.45) is 0 Å². The van der Waals surface area contributed by atoms with Crippen molar-refractivity contribution in [1.29, 1.82) is 0 Å². The normalized spacial score (nSPS) is 18.9. The fraction of sp³-hybridized carbons (Fsp3) is 0.538. The molecule has 0 aromatic heterocycles. The number of ether oxygens (including phenoxy) is 2. The van der Waals surface area contributed by atoms with Crippen LogP contribution < -0.4 is 9.64 Å². The van der Waals surface area contributed by atoms with Crippen molar-refractivity contribution in [3.8, 4) is 5.75 Å². The number of rotatable bonds is 5. The van der Waals surface area contributed by atoms with Gasteiger partial charge in [-0.25, -0.2) is 0 Å². The van der Waals surface area contributed by atoms with E-state index >= 15 is 0 Å². The molecule has 0 radical (unpaired) electrons. The molecule has 7 nitrogen and oxygen atoms in total. The first-order valence-corrected chi connectivity index (χ1v) is 6.53. The fourth-order valence-electron chi connectivity index (χ4n) is 2.24. The highest BCUT2D eigenvalue weighted by Gasteiger charge is 2.24. The molecule has 1 aliphatic heterocycles. The first-order chi connectivity index (χ1) is 9.65. The minimum atomic E-state index is -0.444. The number of aliphatic hydroxyl groups excluding tert-OH is 1. The molecule has 1 saturated heterocycles. The van der Waals surface area contributed by atoms with Crippen molar-refractivity contribution in [1.82, 2.24) is 0 Å². The lowest BCUT2D eigenvalue weighted by Gasteiger charge is -2.36. The van der Waals surface area contributed by atoms with Gasteiger partial charge in [0.1, 0.15) is 5.75 Å². The van der Waals surface area contributed by atoms with Gasteiger partial charge in [0.15, 0.2) is 0 Å². The molecule has 1 aromatic rings. The van der Waals surface area contributed by atoms with Gasteiger partial charge in [0.25, 0.3) is 5.69 Å². The molecular weight excluding hydrogens is 264 g/mol.